The summed E-state index contributed by atoms with van der Waals surface area (Å²) in [6, 6.07) is 5.36. The fraction of sp³-hybridized carbons (Fsp3) is 0.182. The Morgan fingerprint density at radius 1 is 1.38 bits per heavy atom. The van der Waals surface area contributed by atoms with Crippen molar-refractivity contribution in [3.63, 3.8) is 0 Å². The van der Waals surface area contributed by atoms with Gasteiger partial charge >= 0.3 is 6.36 Å². The molecule has 2 rings (SSSR count). The molecule has 1 heterocycles. The van der Waals surface area contributed by atoms with Gasteiger partial charge in [0.05, 0.1) is 0 Å². The average molecular weight is 382 g/mol. The third-order valence-electron chi connectivity index (χ3n) is 2.18. The molecule has 1 amide bonds. The van der Waals surface area contributed by atoms with Crippen LogP contribution in [0.3, 0.4) is 0 Å². The van der Waals surface area contributed by atoms with Crippen LogP contribution in [-0.2, 0) is 6.54 Å². The van der Waals surface area contributed by atoms with Gasteiger partial charge in [0.2, 0.25) is 5.01 Å². The molecule has 2 aromatic rings. The fourth-order valence-corrected chi connectivity index (χ4v) is 2.43. The molecule has 0 atom stereocenters. The standard InChI is InChI=1S/C11H7BrF3N3O2S/c12-10-18-17-9(21-10)8(19)16-5-6-2-1-3-7(4-6)20-11(13,14)15/h1-4H,5H2,(H,16,19). The van der Waals surface area contributed by atoms with Crippen molar-refractivity contribution in [1.82, 2.24) is 15.5 Å². The Bertz CT molecular complexity index is 648. The van der Waals surface area contributed by atoms with Crippen LogP contribution in [-0.4, -0.2) is 22.5 Å². The van der Waals surface area contributed by atoms with Gasteiger partial charge in [0.15, 0.2) is 3.92 Å². The molecule has 5 nitrogen and oxygen atoms in total. The lowest BCUT2D eigenvalue weighted by molar-refractivity contribution is -0.274. The summed E-state index contributed by atoms with van der Waals surface area (Å²) in [7, 11) is 0. The molecule has 0 radical (unpaired) electrons. The second-order valence-corrected chi connectivity index (χ2v) is 5.99. The third kappa shape index (κ3) is 4.97. The summed E-state index contributed by atoms with van der Waals surface area (Å²) in [4.78, 5) is 11.7. The number of carbonyl (C=O) groups is 1. The number of alkyl halides is 3. The van der Waals surface area contributed by atoms with Gasteiger partial charge in [-0.15, -0.1) is 23.4 Å². The molecule has 0 unspecified atom stereocenters. The Labute approximate surface area is 129 Å². The maximum atomic E-state index is 12.1. The summed E-state index contributed by atoms with van der Waals surface area (Å²) in [5, 5.41) is 9.94. The molecule has 1 aromatic carbocycles. The Morgan fingerprint density at radius 2 is 2.14 bits per heavy atom. The Hall–Kier alpha value is -1.68. The molecular formula is C11H7BrF3N3O2S. The van der Waals surface area contributed by atoms with E-state index in [4.69, 9.17) is 0 Å². The number of aromatic nitrogens is 2. The van der Waals surface area contributed by atoms with Gasteiger partial charge in [-0.2, -0.15) is 0 Å². The maximum Gasteiger partial charge on any atom is 0.573 e. The highest BCUT2D eigenvalue weighted by molar-refractivity contribution is 9.11. The minimum Gasteiger partial charge on any atom is -0.406 e. The number of benzene rings is 1. The first-order valence-corrected chi connectivity index (χ1v) is 7.06. The molecule has 0 spiro atoms. The van der Waals surface area contributed by atoms with Crippen molar-refractivity contribution in [1.29, 1.82) is 0 Å². The predicted molar refractivity (Wildman–Crippen MR) is 71.9 cm³/mol. The van der Waals surface area contributed by atoms with Crippen LogP contribution < -0.4 is 10.1 Å². The van der Waals surface area contributed by atoms with E-state index in [1.807, 2.05) is 0 Å². The first-order chi connectivity index (χ1) is 9.83. The summed E-state index contributed by atoms with van der Waals surface area (Å²) in [6.07, 6.45) is -4.75. The van der Waals surface area contributed by atoms with Gasteiger partial charge in [0.25, 0.3) is 5.91 Å². The van der Waals surface area contributed by atoms with Gasteiger partial charge in [0.1, 0.15) is 5.75 Å². The molecule has 0 saturated heterocycles. The lowest BCUT2D eigenvalue weighted by Crippen LogP contribution is -2.23. The Kier molecular flexibility index (Phi) is 4.78. The van der Waals surface area contributed by atoms with Crippen molar-refractivity contribution in [2.75, 3.05) is 0 Å². The average Bonchev–Trinajstić information content (AvgIpc) is 2.81. The molecule has 10 heteroatoms. The van der Waals surface area contributed by atoms with Gasteiger partial charge < -0.3 is 10.1 Å². The number of nitrogens with one attached hydrogen (secondary N) is 1. The molecule has 0 aliphatic rings. The highest BCUT2D eigenvalue weighted by Gasteiger charge is 2.31. The molecule has 0 bridgehead atoms. The molecule has 1 aromatic heterocycles. The van der Waals surface area contributed by atoms with Crippen LogP contribution in [0.5, 0.6) is 5.75 Å². The van der Waals surface area contributed by atoms with Crippen LogP contribution in [0.25, 0.3) is 0 Å². The van der Waals surface area contributed by atoms with E-state index in [-0.39, 0.29) is 17.3 Å². The number of carbonyl (C=O) groups excluding carboxylic acids is 1. The SMILES string of the molecule is O=C(NCc1cccc(OC(F)(F)F)c1)c1nnc(Br)s1. The van der Waals surface area contributed by atoms with Crippen molar-refractivity contribution in [2.24, 2.45) is 0 Å². The summed E-state index contributed by atoms with van der Waals surface area (Å²) in [5.74, 6) is -0.798. The van der Waals surface area contributed by atoms with E-state index in [0.29, 0.717) is 9.48 Å². The molecule has 112 valence electrons. The topological polar surface area (TPSA) is 64.1 Å². The summed E-state index contributed by atoms with van der Waals surface area (Å²) < 4.78 is 40.6. The first-order valence-electron chi connectivity index (χ1n) is 5.45. The Morgan fingerprint density at radius 3 is 2.76 bits per heavy atom. The number of hydrogen-bond donors (Lipinski definition) is 1. The van der Waals surface area contributed by atoms with Crippen molar-refractivity contribution in [2.45, 2.75) is 12.9 Å². The monoisotopic (exact) mass is 381 g/mol. The lowest BCUT2D eigenvalue weighted by atomic mass is 10.2. The number of rotatable bonds is 4. The third-order valence-corrected chi connectivity index (χ3v) is 3.53. The smallest absolute Gasteiger partial charge is 0.406 e. The van der Waals surface area contributed by atoms with Crippen molar-refractivity contribution >= 4 is 33.2 Å². The van der Waals surface area contributed by atoms with E-state index in [1.165, 1.54) is 18.2 Å². The largest absolute Gasteiger partial charge is 0.573 e. The molecular weight excluding hydrogens is 375 g/mol. The van der Waals surface area contributed by atoms with E-state index in [0.717, 1.165) is 11.3 Å². The van der Waals surface area contributed by atoms with Gasteiger partial charge in [0, 0.05) is 6.54 Å². The van der Waals surface area contributed by atoms with E-state index in [2.05, 4.69) is 36.2 Å². The van der Waals surface area contributed by atoms with Gasteiger partial charge in [-0.25, -0.2) is 0 Å². The first kappa shape index (κ1) is 15.7. The number of hydrogen-bond acceptors (Lipinski definition) is 5. The summed E-state index contributed by atoms with van der Waals surface area (Å²) in [5.41, 5.74) is 0.466. The molecule has 0 fully saturated rings. The second kappa shape index (κ2) is 6.39. The van der Waals surface area contributed by atoms with Gasteiger partial charge in [-0.1, -0.05) is 23.5 Å². The fourth-order valence-electron chi connectivity index (χ4n) is 1.41. The number of amides is 1. The maximum absolute atomic E-state index is 12.1. The van der Waals surface area contributed by atoms with E-state index >= 15 is 0 Å². The van der Waals surface area contributed by atoms with Crippen molar-refractivity contribution in [3.8, 4) is 5.75 Å². The molecule has 0 aliphatic carbocycles. The Balaban J connectivity index is 1.97. The number of ether oxygens (including phenoxy) is 1. The second-order valence-electron chi connectivity index (χ2n) is 3.74. The van der Waals surface area contributed by atoms with Gasteiger partial charge in [-0.05, 0) is 33.6 Å². The van der Waals surface area contributed by atoms with Crippen LogP contribution in [0.4, 0.5) is 13.2 Å². The molecule has 21 heavy (non-hydrogen) atoms. The highest BCUT2D eigenvalue weighted by Crippen LogP contribution is 2.23. The zero-order valence-electron chi connectivity index (χ0n) is 10.1. The van der Waals surface area contributed by atoms with E-state index in [9.17, 15) is 18.0 Å². The lowest BCUT2D eigenvalue weighted by Gasteiger charge is -2.10. The quantitative estimate of drug-likeness (QED) is 0.883. The van der Waals surface area contributed by atoms with Crippen LogP contribution >= 0.6 is 27.3 Å². The van der Waals surface area contributed by atoms with Crippen LogP contribution in [0.1, 0.15) is 15.4 Å². The van der Waals surface area contributed by atoms with Crippen LogP contribution in [0, 0.1) is 0 Å². The molecule has 0 saturated carbocycles. The zero-order chi connectivity index (χ0) is 15.5. The van der Waals surface area contributed by atoms with E-state index < -0.39 is 12.3 Å². The van der Waals surface area contributed by atoms with Crippen molar-refractivity contribution in [3.05, 3.63) is 38.8 Å². The summed E-state index contributed by atoms with van der Waals surface area (Å²) in [6.45, 7) is 0.0467. The minimum atomic E-state index is -4.75. The molecule has 0 aliphatic heterocycles. The van der Waals surface area contributed by atoms with E-state index in [1.54, 1.807) is 6.07 Å². The molecule has 1 N–H and O–H groups in total. The van der Waals surface area contributed by atoms with Crippen molar-refractivity contribution < 1.29 is 22.7 Å². The van der Waals surface area contributed by atoms with Crippen LogP contribution in [0.2, 0.25) is 0 Å². The highest BCUT2D eigenvalue weighted by atomic mass is 79.9. The zero-order valence-corrected chi connectivity index (χ0v) is 12.6. The number of halogens is 4. The minimum absolute atomic E-state index is 0.0467. The normalized spacial score (nSPS) is 11.2. The predicted octanol–water partition coefficient (Wildman–Crippen LogP) is 3.13. The van der Waals surface area contributed by atoms with Crippen LogP contribution in [0.15, 0.2) is 28.2 Å². The number of nitrogens with zero attached hydrogens (tertiary/aromatic N) is 2. The van der Waals surface area contributed by atoms with Gasteiger partial charge in [-0.3, -0.25) is 4.79 Å². The summed E-state index contributed by atoms with van der Waals surface area (Å²) >= 11 is 4.13.